The van der Waals surface area contributed by atoms with E-state index in [-0.39, 0.29) is 10.8 Å². The van der Waals surface area contributed by atoms with Crippen molar-refractivity contribution in [2.45, 2.75) is 18.7 Å². The van der Waals surface area contributed by atoms with E-state index in [0.717, 1.165) is 0 Å². The van der Waals surface area contributed by atoms with Crippen LogP contribution in [0.25, 0.3) is 0 Å². The highest BCUT2D eigenvalue weighted by molar-refractivity contribution is 7.92. The van der Waals surface area contributed by atoms with Gasteiger partial charge in [0.15, 0.2) is 0 Å². The summed E-state index contributed by atoms with van der Waals surface area (Å²) in [5, 5.41) is 8.78. The molecule has 130 valence electrons. The van der Waals surface area contributed by atoms with Crippen molar-refractivity contribution in [2.24, 2.45) is 0 Å². The molecule has 6 nitrogen and oxygen atoms in total. The van der Waals surface area contributed by atoms with Gasteiger partial charge in [0.1, 0.15) is 0 Å². The maximum atomic E-state index is 12.4. The molecule has 0 saturated heterocycles. The Morgan fingerprint density at radius 1 is 1.12 bits per heavy atom. The minimum Gasteiger partial charge on any atom is -0.339 e. The molecule has 2 aromatic rings. The van der Waals surface area contributed by atoms with E-state index in [1.54, 1.807) is 23.1 Å². The molecule has 0 aliphatic heterocycles. The molecule has 0 radical (unpaired) electrons. The van der Waals surface area contributed by atoms with Crippen LogP contribution in [0.4, 0.5) is 5.69 Å². The third kappa shape index (κ3) is 4.37. The first-order valence-corrected chi connectivity index (χ1v) is 9.32. The van der Waals surface area contributed by atoms with Crippen LogP contribution in [-0.4, -0.2) is 32.3 Å². The molecular formula is C18H19N3O3S. The third-order valence-corrected chi connectivity index (χ3v) is 5.10. The van der Waals surface area contributed by atoms with E-state index in [9.17, 15) is 13.2 Å². The number of anilines is 1. The molecule has 0 heterocycles. The summed E-state index contributed by atoms with van der Waals surface area (Å²) < 4.78 is 27.3. The van der Waals surface area contributed by atoms with Crippen molar-refractivity contribution in [2.75, 3.05) is 17.8 Å². The second-order valence-corrected chi connectivity index (χ2v) is 6.98. The van der Waals surface area contributed by atoms with Gasteiger partial charge in [0, 0.05) is 24.3 Å². The fourth-order valence-corrected chi connectivity index (χ4v) is 3.38. The van der Waals surface area contributed by atoms with Crippen LogP contribution in [-0.2, 0) is 10.0 Å². The summed E-state index contributed by atoms with van der Waals surface area (Å²) in [7, 11) is -3.80. The SMILES string of the molecule is CCN(CC)C(=O)c1cccc(NS(=O)(=O)c2ccc(C#N)cc2)c1. The number of nitriles is 1. The molecule has 0 bridgehead atoms. The highest BCUT2D eigenvalue weighted by Crippen LogP contribution is 2.18. The fraction of sp³-hybridized carbons (Fsp3) is 0.222. The number of nitrogens with one attached hydrogen (secondary N) is 1. The van der Waals surface area contributed by atoms with E-state index in [0.29, 0.717) is 29.9 Å². The first-order valence-electron chi connectivity index (χ1n) is 7.83. The molecule has 2 rings (SSSR count). The third-order valence-electron chi connectivity index (χ3n) is 3.71. The van der Waals surface area contributed by atoms with Crippen LogP contribution >= 0.6 is 0 Å². The van der Waals surface area contributed by atoms with Crippen molar-refractivity contribution in [3.63, 3.8) is 0 Å². The highest BCUT2D eigenvalue weighted by atomic mass is 32.2. The summed E-state index contributed by atoms with van der Waals surface area (Å²) in [6.45, 7) is 4.94. The number of rotatable bonds is 6. The lowest BCUT2D eigenvalue weighted by Gasteiger charge is -2.19. The van der Waals surface area contributed by atoms with Crippen LogP contribution in [0.3, 0.4) is 0 Å². The Hall–Kier alpha value is -2.85. The Morgan fingerprint density at radius 3 is 2.32 bits per heavy atom. The van der Waals surface area contributed by atoms with Crippen LogP contribution in [0.5, 0.6) is 0 Å². The van der Waals surface area contributed by atoms with Crippen molar-refractivity contribution in [1.29, 1.82) is 5.26 Å². The molecule has 0 aromatic heterocycles. The number of benzene rings is 2. The van der Waals surface area contributed by atoms with Gasteiger partial charge in [-0.2, -0.15) is 5.26 Å². The largest absolute Gasteiger partial charge is 0.339 e. The number of amides is 1. The maximum absolute atomic E-state index is 12.4. The molecular weight excluding hydrogens is 338 g/mol. The van der Waals surface area contributed by atoms with Crippen molar-refractivity contribution in [3.8, 4) is 6.07 Å². The summed E-state index contributed by atoms with van der Waals surface area (Å²) in [6.07, 6.45) is 0. The summed E-state index contributed by atoms with van der Waals surface area (Å²) >= 11 is 0. The summed E-state index contributed by atoms with van der Waals surface area (Å²) in [6, 6.07) is 13.9. The highest BCUT2D eigenvalue weighted by Gasteiger charge is 2.16. The van der Waals surface area contributed by atoms with Gasteiger partial charge in [0.2, 0.25) is 0 Å². The molecule has 0 aliphatic rings. The Kier molecular flexibility index (Phi) is 5.78. The van der Waals surface area contributed by atoms with Gasteiger partial charge in [0.25, 0.3) is 15.9 Å². The van der Waals surface area contributed by atoms with Crippen molar-refractivity contribution >= 4 is 21.6 Å². The van der Waals surface area contributed by atoms with Gasteiger partial charge >= 0.3 is 0 Å². The predicted octanol–water partition coefficient (Wildman–Crippen LogP) is 2.84. The monoisotopic (exact) mass is 357 g/mol. The number of carbonyl (C=O) groups excluding carboxylic acids is 1. The molecule has 1 amide bonds. The van der Waals surface area contributed by atoms with Crippen LogP contribution in [0.2, 0.25) is 0 Å². The van der Waals surface area contributed by atoms with E-state index in [1.807, 2.05) is 19.9 Å². The lowest BCUT2D eigenvalue weighted by atomic mass is 10.2. The number of hydrogen-bond donors (Lipinski definition) is 1. The maximum Gasteiger partial charge on any atom is 0.261 e. The number of carbonyl (C=O) groups is 1. The standard InChI is InChI=1S/C18H19N3O3S/c1-3-21(4-2)18(22)15-6-5-7-16(12-15)20-25(23,24)17-10-8-14(13-19)9-11-17/h5-12,20H,3-4H2,1-2H3. The zero-order valence-corrected chi connectivity index (χ0v) is 14.9. The average molecular weight is 357 g/mol. The van der Waals surface area contributed by atoms with Crippen LogP contribution in [0.1, 0.15) is 29.8 Å². The normalized spacial score (nSPS) is 10.8. The summed E-state index contributed by atoms with van der Waals surface area (Å²) in [5.74, 6) is -0.149. The Morgan fingerprint density at radius 2 is 1.76 bits per heavy atom. The summed E-state index contributed by atoms with van der Waals surface area (Å²) in [5.41, 5.74) is 1.11. The van der Waals surface area contributed by atoms with E-state index in [4.69, 9.17) is 5.26 Å². The van der Waals surface area contributed by atoms with Crippen molar-refractivity contribution in [3.05, 3.63) is 59.7 Å². The molecule has 0 spiro atoms. The summed E-state index contributed by atoms with van der Waals surface area (Å²) in [4.78, 5) is 14.1. The van der Waals surface area contributed by atoms with Crippen LogP contribution < -0.4 is 4.72 Å². The second-order valence-electron chi connectivity index (χ2n) is 5.30. The average Bonchev–Trinajstić information content (AvgIpc) is 2.62. The van der Waals surface area contributed by atoms with Crippen LogP contribution in [0, 0.1) is 11.3 Å². The Labute approximate surface area is 147 Å². The van der Waals surface area contributed by atoms with E-state index < -0.39 is 10.0 Å². The molecule has 0 aliphatic carbocycles. The zero-order chi connectivity index (χ0) is 18.4. The Balaban J connectivity index is 2.26. The van der Waals surface area contributed by atoms with Gasteiger partial charge in [-0.05, 0) is 56.3 Å². The first-order chi connectivity index (χ1) is 11.9. The molecule has 2 aromatic carbocycles. The molecule has 7 heteroatoms. The molecule has 0 fully saturated rings. The van der Waals surface area contributed by atoms with Gasteiger partial charge in [0.05, 0.1) is 16.5 Å². The van der Waals surface area contributed by atoms with E-state index in [2.05, 4.69) is 4.72 Å². The number of hydrogen-bond acceptors (Lipinski definition) is 4. The first kappa shape index (κ1) is 18.5. The van der Waals surface area contributed by atoms with Gasteiger partial charge in [-0.1, -0.05) is 6.07 Å². The topological polar surface area (TPSA) is 90.3 Å². The number of nitrogens with zero attached hydrogens (tertiary/aromatic N) is 2. The van der Waals surface area contributed by atoms with Crippen LogP contribution in [0.15, 0.2) is 53.4 Å². The van der Waals surface area contributed by atoms with Gasteiger partial charge in [-0.3, -0.25) is 9.52 Å². The predicted molar refractivity (Wildman–Crippen MR) is 95.7 cm³/mol. The van der Waals surface area contributed by atoms with E-state index >= 15 is 0 Å². The van der Waals surface area contributed by atoms with Crippen molar-refractivity contribution < 1.29 is 13.2 Å². The van der Waals surface area contributed by atoms with Gasteiger partial charge in [-0.15, -0.1) is 0 Å². The molecule has 0 unspecified atom stereocenters. The molecule has 0 saturated carbocycles. The lowest BCUT2D eigenvalue weighted by molar-refractivity contribution is 0.0773. The lowest BCUT2D eigenvalue weighted by Crippen LogP contribution is -2.30. The minimum absolute atomic E-state index is 0.0481. The second kappa shape index (κ2) is 7.81. The smallest absolute Gasteiger partial charge is 0.261 e. The fourth-order valence-electron chi connectivity index (χ4n) is 2.33. The molecule has 0 atom stereocenters. The minimum atomic E-state index is -3.80. The van der Waals surface area contributed by atoms with Gasteiger partial charge < -0.3 is 4.90 Å². The molecule has 25 heavy (non-hydrogen) atoms. The van der Waals surface area contributed by atoms with Crippen molar-refractivity contribution in [1.82, 2.24) is 4.90 Å². The van der Waals surface area contributed by atoms with Gasteiger partial charge in [-0.25, -0.2) is 8.42 Å². The zero-order valence-electron chi connectivity index (χ0n) is 14.1. The van der Waals surface area contributed by atoms with E-state index in [1.165, 1.54) is 30.3 Å². The Bertz CT molecular complexity index is 896. The molecule has 1 N–H and O–H groups in total. The number of sulfonamides is 1. The quantitative estimate of drug-likeness (QED) is 0.861.